The average molecular weight is 277 g/mol. The summed E-state index contributed by atoms with van der Waals surface area (Å²) in [6.45, 7) is 5.48. The van der Waals surface area contributed by atoms with Crippen LogP contribution in [0.3, 0.4) is 0 Å². The Morgan fingerprint density at radius 1 is 1.50 bits per heavy atom. The molecule has 1 atom stereocenters. The first kappa shape index (κ1) is 13.5. The van der Waals surface area contributed by atoms with Gasteiger partial charge in [0.05, 0.1) is 23.7 Å². The van der Waals surface area contributed by atoms with Gasteiger partial charge in [0.25, 0.3) is 0 Å². The van der Waals surface area contributed by atoms with Crippen LogP contribution in [0.4, 0.5) is 4.39 Å². The van der Waals surface area contributed by atoms with E-state index in [1.54, 1.807) is 12.1 Å². The summed E-state index contributed by atoms with van der Waals surface area (Å²) < 4.78 is 21.3. The lowest BCUT2D eigenvalue weighted by Gasteiger charge is -2.23. The molecule has 1 aromatic carbocycles. The van der Waals surface area contributed by atoms with Crippen molar-refractivity contribution >= 4 is 11.0 Å². The van der Waals surface area contributed by atoms with Gasteiger partial charge in [-0.1, -0.05) is 6.92 Å². The van der Waals surface area contributed by atoms with E-state index in [1.807, 2.05) is 0 Å². The van der Waals surface area contributed by atoms with Crippen LogP contribution >= 0.6 is 0 Å². The second kappa shape index (κ2) is 5.89. The Labute approximate surface area is 117 Å². The van der Waals surface area contributed by atoms with E-state index in [1.165, 1.54) is 6.07 Å². The number of nitrogens with one attached hydrogen (secondary N) is 1. The molecule has 0 bridgehead atoms. The largest absolute Gasteiger partial charge is 0.375 e. The Balaban J connectivity index is 1.93. The molecule has 0 saturated carbocycles. The summed E-state index contributed by atoms with van der Waals surface area (Å²) in [6.07, 6.45) is 1.92. The number of fused-ring (bicyclic) bond motifs is 1. The number of nitrogens with zero attached hydrogens (tertiary/aromatic N) is 2. The van der Waals surface area contributed by atoms with Crippen LogP contribution in [0, 0.1) is 5.82 Å². The first-order chi connectivity index (χ1) is 9.78. The Bertz CT molecular complexity index is 590. The van der Waals surface area contributed by atoms with Crippen LogP contribution in [0.5, 0.6) is 0 Å². The average Bonchev–Trinajstić information content (AvgIpc) is 2.78. The van der Waals surface area contributed by atoms with Crippen LogP contribution in [0.1, 0.15) is 19.2 Å². The maximum atomic E-state index is 13.4. The highest BCUT2D eigenvalue weighted by molar-refractivity contribution is 5.76. The molecule has 1 unspecified atom stereocenters. The second-order valence-electron chi connectivity index (χ2n) is 5.21. The Kier molecular flexibility index (Phi) is 3.98. The number of morpholine rings is 1. The Hall–Kier alpha value is -1.46. The molecule has 1 fully saturated rings. The van der Waals surface area contributed by atoms with Crippen LogP contribution in [0.25, 0.3) is 11.0 Å². The molecule has 108 valence electrons. The molecule has 0 radical (unpaired) electrons. The molecule has 1 aliphatic heterocycles. The van der Waals surface area contributed by atoms with Crippen LogP contribution in [-0.2, 0) is 17.7 Å². The van der Waals surface area contributed by atoms with E-state index in [4.69, 9.17) is 4.74 Å². The molecule has 0 aliphatic carbocycles. The lowest BCUT2D eigenvalue weighted by Crippen LogP contribution is -2.40. The van der Waals surface area contributed by atoms with Gasteiger partial charge in [0, 0.05) is 26.1 Å². The number of ether oxygens (including phenoxy) is 1. The third kappa shape index (κ3) is 2.69. The molecular formula is C15H20FN3O. The van der Waals surface area contributed by atoms with Crippen molar-refractivity contribution in [2.75, 3.05) is 19.7 Å². The second-order valence-corrected chi connectivity index (χ2v) is 5.21. The van der Waals surface area contributed by atoms with Gasteiger partial charge in [0.15, 0.2) is 0 Å². The van der Waals surface area contributed by atoms with Crippen molar-refractivity contribution in [2.45, 2.75) is 32.4 Å². The van der Waals surface area contributed by atoms with Crippen LogP contribution in [0.15, 0.2) is 18.2 Å². The predicted molar refractivity (Wildman–Crippen MR) is 76.3 cm³/mol. The van der Waals surface area contributed by atoms with Crippen molar-refractivity contribution in [2.24, 2.45) is 0 Å². The van der Waals surface area contributed by atoms with Crippen LogP contribution in [-0.4, -0.2) is 35.4 Å². The van der Waals surface area contributed by atoms with Gasteiger partial charge in [0.1, 0.15) is 11.6 Å². The van der Waals surface area contributed by atoms with Gasteiger partial charge in [-0.3, -0.25) is 0 Å². The lowest BCUT2D eigenvalue weighted by molar-refractivity contribution is 0.0276. The summed E-state index contributed by atoms with van der Waals surface area (Å²) in [7, 11) is 0. The normalized spacial score (nSPS) is 19.6. The number of rotatable bonds is 4. The SMILES string of the molecule is CCCn1c(CC2CNCCO2)nc2ccc(F)cc21. The van der Waals surface area contributed by atoms with Gasteiger partial charge in [-0.2, -0.15) is 0 Å². The monoisotopic (exact) mass is 277 g/mol. The third-order valence-electron chi connectivity index (χ3n) is 3.65. The third-order valence-corrected chi connectivity index (χ3v) is 3.65. The van der Waals surface area contributed by atoms with Crippen LogP contribution in [0.2, 0.25) is 0 Å². The van der Waals surface area contributed by atoms with E-state index in [-0.39, 0.29) is 11.9 Å². The van der Waals surface area contributed by atoms with Gasteiger partial charge >= 0.3 is 0 Å². The summed E-state index contributed by atoms with van der Waals surface area (Å²) in [6, 6.07) is 4.79. The number of benzene rings is 1. The van der Waals surface area contributed by atoms with E-state index in [9.17, 15) is 4.39 Å². The summed E-state index contributed by atoms with van der Waals surface area (Å²) >= 11 is 0. The number of hydrogen-bond donors (Lipinski definition) is 1. The lowest BCUT2D eigenvalue weighted by atomic mass is 10.2. The maximum absolute atomic E-state index is 13.4. The van der Waals surface area contributed by atoms with Gasteiger partial charge in [-0.25, -0.2) is 9.37 Å². The number of halogens is 1. The zero-order valence-corrected chi connectivity index (χ0v) is 11.7. The fraction of sp³-hybridized carbons (Fsp3) is 0.533. The molecule has 1 aromatic heterocycles. The van der Waals surface area contributed by atoms with Gasteiger partial charge in [0.2, 0.25) is 0 Å². The van der Waals surface area contributed by atoms with E-state index in [0.29, 0.717) is 0 Å². The minimum atomic E-state index is -0.211. The van der Waals surface area contributed by atoms with Crippen molar-refractivity contribution in [3.63, 3.8) is 0 Å². The highest BCUT2D eigenvalue weighted by Crippen LogP contribution is 2.20. The molecule has 1 N–H and O–H groups in total. The number of aryl methyl sites for hydroxylation is 1. The molecule has 2 aromatic rings. The van der Waals surface area contributed by atoms with E-state index in [0.717, 1.165) is 55.9 Å². The van der Waals surface area contributed by atoms with E-state index < -0.39 is 0 Å². The predicted octanol–water partition coefficient (Wildman–Crippen LogP) is 2.12. The summed E-state index contributed by atoms with van der Waals surface area (Å²) in [5.74, 6) is 0.776. The number of imidazole rings is 1. The van der Waals surface area contributed by atoms with Crippen molar-refractivity contribution in [3.8, 4) is 0 Å². The van der Waals surface area contributed by atoms with Gasteiger partial charge < -0.3 is 14.6 Å². The molecule has 2 heterocycles. The van der Waals surface area contributed by atoms with Crippen molar-refractivity contribution in [3.05, 3.63) is 29.8 Å². The molecule has 0 spiro atoms. The molecular weight excluding hydrogens is 257 g/mol. The highest BCUT2D eigenvalue weighted by Gasteiger charge is 2.18. The Morgan fingerprint density at radius 2 is 2.40 bits per heavy atom. The quantitative estimate of drug-likeness (QED) is 0.930. The fourth-order valence-electron chi connectivity index (χ4n) is 2.73. The topological polar surface area (TPSA) is 39.1 Å². The molecule has 5 heteroatoms. The number of hydrogen-bond acceptors (Lipinski definition) is 3. The maximum Gasteiger partial charge on any atom is 0.125 e. The molecule has 3 rings (SSSR count). The summed E-state index contributed by atoms with van der Waals surface area (Å²) in [4.78, 5) is 4.66. The molecule has 1 aliphatic rings. The smallest absolute Gasteiger partial charge is 0.125 e. The van der Waals surface area contributed by atoms with Gasteiger partial charge in [-0.05, 0) is 24.6 Å². The van der Waals surface area contributed by atoms with Crippen molar-refractivity contribution < 1.29 is 9.13 Å². The van der Waals surface area contributed by atoms with Gasteiger partial charge in [-0.15, -0.1) is 0 Å². The summed E-state index contributed by atoms with van der Waals surface area (Å²) in [5.41, 5.74) is 1.74. The van der Waals surface area contributed by atoms with Crippen LogP contribution < -0.4 is 5.32 Å². The Morgan fingerprint density at radius 3 is 3.15 bits per heavy atom. The molecule has 1 saturated heterocycles. The molecule has 0 amide bonds. The standard InChI is InChI=1S/C15H20FN3O/c1-2-6-19-14-8-11(16)3-4-13(14)18-15(19)9-12-10-17-5-7-20-12/h3-4,8,12,17H,2,5-7,9-10H2,1H3. The minimum absolute atomic E-state index is 0.154. The molecule has 4 nitrogen and oxygen atoms in total. The van der Waals surface area contributed by atoms with Crippen molar-refractivity contribution in [1.29, 1.82) is 0 Å². The zero-order valence-electron chi connectivity index (χ0n) is 11.7. The number of aromatic nitrogens is 2. The zero-order chi connectivity index (χ0) is 13.9. The minimum Gasteiger partial charge on any atom is -0.375 e. The van der Waals surface area contributed by atoms with E-state index >= 15 is 0 Å². The molecule has 20 heavy (non-hydrogen) atoms. The first-order valence-corrected chi connectivity index (χ1v) is 7.25. The van der Waals surface area contributed by atoms with E-state index in [2.05, 4.69) is 21.8 Å². The van der Waals surface area contributed by atoms with Crippen molar-refractivity contribution in [1.82, 2.24) is 14.9 Å². The fourth-order valence-corrected chi connectivity index (χ4v) is 2.73. The summed E-state index contributed by atoms with van der Waals surface area (Å²) in [5, 5.41) is 3.33. The first-order valence-electron chi connectivity index (χ1n) is 7.25. The highest BCUT2D eigenvalue weighted by atomic mass is 19.1.